The molecular weight excluding hydrogens is 300 g/mol. The molecule has 2 aromatic rings. The smallest absolute Gasteiger partial charge is 0.337 e. The highest BCUT2D eigenvalue weighted by atomic mass is 32.2. The number of benzene rings is 2. The van der Waals surface area contributed by atoms with E-state index in [1.54, 1.807) is 12.1 Å². The Hall–Kier alpha value is -2.58. The Bertz CT molecular complexity index is 885. The fourth-order valence-electron chi connectivity index (χ4n) is 2.14. The van der Waals surface area contributed by atoms with Crippen LogP contribution in [0.1, 0.15) is 21.5 Å². The lowest BCUT2D eigenvalue weighted by atomic mass is 9.98. The topological polar surface area (TPSA) is 71.4 Å². The molecule has 0 aromatic heterocycles. The summed E-state index contributed by atoms with van der Waals surface area (Å²) in [5, 5.41) is 9.19. The maximum absolute atomic E-state index is 12.0. The van der Waals surface area contributed by atoms with Crippen molar-refractivity contribution in [2.24, 2.45) is 0 Å². The van der Waals surface area contributed by atoms with Crippen LogP contribution < -0.4 is 0 Å². The Morgan fingerprint density at radius 2 is 1.77 bits per heavy atom. The molecule has 0 unspecified atom stereocenters. The molecule has 22 heavy (non-hydrogen) atoms. The summed E-state index contributed by atoms with van der Waals surface area (Å²) >= 11 is 0. The Balaban J connectivity index is 2.85. The van der Waals surface area contributed by atoms with Crippen molar-refractivity contribution in [2.45, 2.75) is 11.8 Å². The van der Waals surface area contributed by atoms with E-state index in [9.17, 15) is 18.3 Å². The van der Waals surface area contributed by atoms with Crippen LogP contribution in [0.25, 0.3) is 11.1 Å². The zero-order valence-electron chi connectivity index (χ0n) is 12.1. The summed E-state index contributed by atoms with van der Waals surface area (Å²) in [6.45, 7) is 1.92. The molecule has 0 spiro atoms. The van der Waals surface area contributed by atoms with Crippen LogP contribution in [0.5, 0.6) is 0 Å². The van der Waals surface area contributed by atoms with Crippen LogP contribution in [0.4, 0.5) is 0 Å². The first-order valence-corrected chi connectivity index (χ1v) is 8.28. The van der Waals surface area contributed by atoms with Crippen molar-refractivity contribution in [1.29, 1.82) is 0 Å². The maximum Gasteiger partial charge on any atom is 0.337 e. The van der Waals surface area contributed by atoms with Crippen LogP contribution >= 0.6 is 0 Å². The molecule has 112 valence electrons. The number of sulfone groups is 1. The van der Waals surface area contributed by atoms with E-state index in [2.05, 4.69) is 5.92 Å². The average Bonchev–Trinajstić information content (AvgIpc) is 2.45. The fraction of sp³-hybridized carbons (Fsp3) is 0.118. The SMILES string of the molecule is C#Cc1cc(-c2ccc(C)cc2)c(S(C)(=O)=O)cc1C(=O)O. The van der Waals surface area contributed by atoms with Crippen molar-refractivity contribution in [3.05, 3.63) is 53.1 Å². The lowest BCUT2D eigenvalue weighted by Crippen LogP contribution is -2.07. The average molecular weight is 314 g/mol. The number of terminal acetylenes is 1. The second-order valence-corrected chi connectivity index (χ2v) is 6.97. The molecule has 0 radical (unpaired) electrons. The van der Waals surface area contributed by atoms with Crippen LogP contribution in [-0.4, -0.2) is 25.7 Å². The minimum absolute atomic E-state index is 0.0484. The molecular formula is C17H14O4S. The Morgan fingerprint density at radius 3 is 2.23 bits per heavy atom. The van der Waals surface area contributed by atoms with Crippen LogP contribution in [-0.2, 0) is 9.84 Å². The number of carboxylic acids is 1. The first-order chi connectivity index (χ1) is 10.2. The van der Waals surface area contributed by atoms with Gasteiger partial charge in [0.25, 0.3) is 0 Å². The van der Waals surface area contributed by atoms with Crippen LogP contribution in [0.3, 0.4) is 0 Å². The molecule has 0 aliphatic rings. The monoisotopic (exact) mass is 314 g/mol. The molecule has 0 aliphatic carbocycles. The van der Waals surface area contributed by atoms with Gasteiger partial charge in [-0.25, -0.2) is 13.2 Å². The van der Waals surface area contributed by atoms with E-state index in [-0.39, 0.29) is 16.0 Å². The van der Waals surface area contributed by atoms with Gasteiger partial charge < -0.3 is 5.11 Å². The molecule has 0 bridgehead atoms. The third kappa shape index (κ3) is 3.02. The Morgan fingerprint density at radius 1 is 1.18 bits per heavy atom. The lowest BCUT2D eigenvalue weighted by Gasteiger charge is -2.12. The Labute approximate surface area is 129 Å². The second kappa shape index (κ2) is 5.66. The van der Waals surface area contributed by atoms with E-state index in [1.807, 2.05) is 19.1 Å². The first-order valence-electron chi connectivity index (χ1n) is 6.39. The quantitative estimate of drug-likeness (QED) is 0.884. The van der Waals surface area contributed by atoms with Crippen LogP contribution in [0, 0.1) is 19.3 Å². The van der Waals surface area contributed by atoms with Crippen molar-refractivity contribution >= 4 is 15.8 Å². The normalized spacial score (nSPS) is 11.0. The van der Waals surface area contributed by atoms with Gasteiger partial charge >= 0.3 is 5.97 Å². The van der Waals surface area contributed by atoms with Crippen LogP contribution in [0.2, 0.25) is 0 Å². The van der Waals surface area contributed by atoms with Crippen molar-refractivity contribution in [3.8, 4) is 23.5 Å². The third-order valence-corrected chi connectivity index (χ3v) is 4.40. The van der Waals surface area contributed by atoms with E-state index in [1.165, 1.54) is 6.07 Å². The highest BCUT2D eigenvalue weighted by molar-refractivity contribution is 7.90. The largest absolute Gasteiger partial charge is 0.478 e. The van der Waals surface area contributed by atoms with Crippen molar-refractivity contribution in [2.75, 3.05) is 6.26 Å². The van der Waals surface area contributed by atoms with Crippen LogP contribution in [0.15, 0.2) is 41.3 Å². The first kappa shape index (κ1) is 15.8. The van der Waals surface area contributed by atoms with E-state index in [0.717, 1.165) is 17.9 Å². The number of carbonyl (C=O) groups is 1. The van der Waals surface area contributed by atoms with Gasteiger partial charge in [0.1, 0.15) is 0 Å². The lowest BCUT2D eigenvalue weighted by molar-refractivity contribution is 0.0696. The van der Waals surface area contributed by atoms with Gasteiger partial charge in [-0.15, -0.1) is 6.42 Å². The molecule has 0 aliphatic heterocycles. The predicted molar refractivity (Wildman–Crippen MR) is 84.6 cm³/mol. The van der Waals surface area contributed by atoms with Gasteiger partial charge in [0.05, 0.1) is 10.5 Å². The summed E-state index contributed by atoms with van der Waals surface area (Å²) < 4.78 is 24.0. The number of rotatable bonds is 3. The number of hydrogen-bond donors (Lipinski definition) is 1. The van der Waals surface area contributed by atoms with Gasteiger partial charge in [0.2, 0.25) is 0 Å². The third-order valence-electron chi connectivity index (χ3n) is 3.27. The molecule has 0 saturated heterocycles. The van der Waals surface area contributed by atoms with Gasteiger partial charge in [-0.1, -0.05) is 35.7 Å². The maximum atomic E-state index is 12.0. The number of carboxylic acid groups (broad SMARTS) is 1. The molecule has 4 nitrogen and oxygen atoms in total. The molecule has 0 atom stereocenters. The Kier molecular flexibility index (Phi) is 4.07. The van der Waals surface area contributed by atoms with E-state index < -0.39 is 15.8 Å². The van der Waals surface area contributed by atoms with Crippen molar-refractivity contribution < 1.29 is 18.3 Å². The summed E-state index contributed by atoms with van der Waals surface area (Å²) in [5.74, 6) is 1.05. The molecule has 2 rings (SSSR count). The minimum atomic E-state index is -3.60. The zero-order chi connectivity index (χ0) is 16.5. The van der Waals surface area contributed by atoms with Gasteiger partial charge in [-0.2, -0.15) is 0 Å². The van der Waals surface area contributed by atoms with Gasteiger partial charge in [0.15, 0.2) is 9.84 Å². The molecule has 5 heteroatoms. The molecule has 0 fully saturated rings. The number of aromatic carboxylic acids is 1. The van der Waals surface area contributed by atoms with Gasteiger partial charge in [0, 0.05) is 17.4 Å². The molecule has 1 N–H and O–H groups in total. The molecule has 0 saturated carbocycles. The number of aryl methyl sites for hydroxylation is 1. The molecule has 0 amide bonds. The zero-order valence-corrected chi connectivity index (χ0v) is 12.9. The highest BCUT2D eigenvalue weighted by Crippen LogP contribution is 2.30. The van der Waals surface area contributed by atoms with E-state index in [4.69, 9.17) is 6.42 Å². The predicted octanol–water partition coefficient (Wildman–Crippen LogP) is 2.75. The second-order valence-electron chi connectivity index (χ2n) is 4.98. The van der Waals surface area contributed by atoms with Gasteiger partial charge in [-0.05, 0) is 24.6 Å². The van der Waals surface area contributed by atoms with Gasteiger partial charge in [-0.3, -0.25) is 0 Å². The van der Waals surface area contributed by atoms with Crippen molar-refractivity contribution in [1.82, 2.24) is 0 Å². The highest BCUT2D eigenvalue weighted by Gasteiger charge is 2.20. The fourth-order valence-corrected chi connectivity index (χ4v) is 3.05. The minimum Gasteiger partial charge on any atom is -0.478 e. The summed E-state index contributed by atoms with van der Waals surface area (Å²) in [6, 6.07) is 9.82. The standard InChI is InChI=1S/C17H14O4S/c1-4-12-9-14(13-7-5-11(2)6-8-13)16(22(3,20)21)10-15(12)17(18)19/h1,5-10H,2-3H3,(H,18,19). The number of hydrogen-bond acceptors (Lipinski definition) is 3. The summed E-state index contributed by atoms with van der Waals surface area (Å²) in [7, 11) is -3.60. The summed E-state index contributed by atoms with van der Waals surface area (Å²) in [5.41, 5.74) is 2.05. The van der Waals surface area contributed by atoms with E-state index >= 15 is 0 Å². The van der Waals surface area contributed by atoms with E-state index in [0.29, 0.717) is 11.1 Å². The summed E-state index contributed by atoms with van der Waals surface area (Å²) in [6.07, 6.45) is 6.40. The molecule has 0 heterocycles. The summed E-state index contributed by atoms with van der Waals surface area (Å²) in [4.78, 5) is 11.2. The van der Waals surface area contributed by atoms with Crippen molar-refractivity contribution in [3.63, 3.8) is 0 Å². The molecule has 2 aromatic carbocycles.